The normalized spacial score (nSPS) is 11.4. The van der Waals surface area contributed by atoms with Crippen LogP contribution in [0.4, 0.5) is 0 Å². The molecule has 0 bridgehead atoms. The summed E-state index contributed by atoms with van der Waals surface area (Å²) >= 11 is 0. The van der Waals surface area contributed by atoms with Gasteiger partial charge in [-0.2, -0.15) is 0 Å². The summed E-state index contributed by atoms with van der Waals surface area (Å²) in [6.07, 6.45) is 2.18. The molecule has 1 atom stereocenters. The fourth-order valence-electron chi connectivity index (χ4n) is 1.45. The topological polar surface area (TPSA) is 138 Å². The van der Waals surface area contributed by atoms with Gasteiger partial charge in [-0.05, 0) is 36.6 Å². The molecule has 1 aromatic rings. The Morgan fingerprint density at radius 2 is 1.35 bits per heavy atom. The lowest BCUT2D eigenvalue weighted by molar-refractivity contribution is 0.0988. The van der Waals surface area contributed by atoms with Gasteiger partial charge in [0, 0.05) is 11.1 Å². The van der Waals surface area contributed by atoms with E-state index in [4.69, 9.17) is 22.9 Å². The molecule has 8 N–H and O–H groups in total. The Morgan fingerprint density at radius 3 is 1.50 bits per heavy atom. The lowest BCUT2D eigenvalue weighted by atomic mass is 10.0. The predicted octanol–water partition coefficient (Wildman–Crippen LogP) is 0.551. The van der Waals surface area contributed by atoms with Crippen molar-refractivity contribution in [2.45, 2.75) is 32.9 Å². The number of hydrogen-bond donors (Lipinski definition) is 4. The van der Waals surface area contributed by atoms with Gasteiger partial charge in [0.15, 0.2) is 0 Å². The lowest BCUT2D eigenvalue weighted by Gasteiger charge is -2.12. The SMILES string of the molecule is CCCC(C)C(N)N.NC(=O)c1ccc(C(N)=O)cc1. The van der Waals surface area contributed by atoms with Gasteiger partial charge in [-0.25, -0.2) is 0 Å². The van der Waals surface area contributed by atoms with Crippen LogP contribution in [0.5, 0.6) is 0 Å². The van der Waals surface area contributed by atoms with Crippen molar-refractivity contribution < 1.29 is 9.59 Å². The maximum absolute atomic E-state index is 10.6. The molecule has 0 aliphatic carbocycles. The summed E-state index contributed by atoms with van der Waals surface area (Å²) in [6, 6.07) is 5.84. The van der Waals surface area contributed by atoms with Gasteiger partial charge in [0.1, 0.15) is 0 Å². The molecule has 1 aromatic carbocycles. The minimum Gasteiger partial charge on any atom is -0.366 e. The van der Waals surface area contributed by atoms with Crippen molar-refractivity contribution in [3.8, 4) is 0 Å². The Bertz CT molecular complexity index is 396. The molecule has 0 aromatic heterocycles. The Kier molecular flexibility index (Phi) is 8.19. The second-order valence-electron chi connectivity index (χ2n) is 4.65. The number of hydrogen-bond acceptors (Lipinski definition) is 4. The van der Waals surface area contributed by atoms with Crippen molar-refractivity contribution >= 4 is 11.8 Å². The molecule has 0 radical (unpaired) electrons. The highest BCUT2D eigenvalue weighted by molar-refractivity contribution is 5.96. The first-order valence-electron chi connectivity index (χ1n) is 6.50. The summed E-state index contributed by atoms with van der Waals surface area (Å²) in [7, 11) is 0. The van der Waals surface area contributed by atoms with E-state index in [1.54, 1.807) is 0 Å². The maximum atomic E-state index is 10.6. The summed E-state index contributed by atoms with van der Waals surface area (Å²) in [5, 5.41) is 0. The van der Waals surface area contributed by atoms with Crippen LogP contribution in [0.15, 0.2) is 24.3 Å². The number of primary amides is 2. The van der Waals surface area contributed by atoms with E-state index in [2.05, 4.69) is 13.8 Å². The first-order valence-corrected chi connectivity index (χ1v) is 6.50. The van der Waals surface area contributed by atoms with Crippen molar-refractivity contribution in [3.63, 3.8) is 0 Å². The van der Waals surface area contributed by atoms with Crippen LogP contribution in [0.3, 0.4) is 0 Å². The van der Waals surface area contributed by atoms with E-state index in [1.807, 2.05) is 0 Å². The number of rotatable bonds is 5. The maximum Gasteiger partial charge on any atom is 0.248 e. The van der Waals surface area contributed by atoms with Crippen molar-refractivity contribution in [1.29, 1.82) is 0 Å². The Labute approximate surface area is 119 Å². The Morgan fingerprint density at radius 1 is 1.00 bits per heavy atom. The minimum absolute atomic E-state index is 0.130. The van der Waals surface area contributed by atoms with E-state index in [-0.39, 0.29) is 6.17 Å². The number of carbonyl (C=O) groups is 2. The van der Waals surface area contributed by atoms with Gasteiger partial charge in [0.2, 0.25) is 11.8 Å². The van der Waals surface area contributed by atoms with Gasteiger partial charge in [-0.1, -0.05) is 20.3 Å². The molecule has 0 heterocycles. The van der Waals surface area contributed by atoms with Crippen molar-refractivity contribution in [1.82, 2.24) is 0 Å². The van der Waals surface area contributed by atoms with Crippen LogP contribution >= 0.6 is 0 Å². The van der Waals surface area contributed by atoms with Crippen LogP contribution in [-0.2, 0) is 0 Å². The molecule has 1 unspecified atom stereocenters. The highest BCUT2D eigenvalue weighted by Gasteiger charge is 2.04. The molecule has 112 valence electrons. The zero-order valence-corrected chi connectivity index (χ0v) is 12.0. The lowest BCUT2D eigenvalue weighted by Crippen LogP contribution is -2.37. The molecule has 0 spiro atoms. The van der Waals surface area contributed by atoms with Crippen LogP contribution < -0.4 is 22.9 Å². The van der Waals surface area contributed by atoms with Gasteiger partial charge in [0.25, 0.3) is 0 Å². The zero-order chi connectivity index (χ0) is 15.7. The highest BCUT2D eigenvalue weighted by atomic mass is 16.1. The van der Waals surface area contributed by atoms with Gasteiger partial charge in [-0.15, -0.1) is 0 Å². The third-order valence-corrected chi connectivity index (χ3v) is 2.86. The molecule has 1 rings (SSSR count). The van der Waals surface area contributed by atoms with Crippen molar-refractivity contribution in [2.24, 2.45) is 28.9 Å². The number of benzene rings is 1. The van der Waals surface area contributed by atoms with Gasteiger partial charge < -0.3 is 22.9 Å². The molecule has 6 nitrogen and oxygen atoms in total. The van der Waals surface area contributed by atoms with E-state index < -0.39 is 11.8 Å². The quantitative estimate of drug-likeness (QED) is 0.585. The van der Waals surface area contributed by atoms with E-state index >= 15 is 0 Å². The summed E-state index contributed by atoms with van der Waals surface area (Å²) in [5.41, 5.74) is 21.5. The molecule has 0 saturated carbocycles. The molecule has 0 aliphatic rings. The largest absolute Gasteiger partial charge is 0.366 e. The average molecular weight is 280 g/mol. The fraction of sp³-hybridized carbons (Fsp3) is 0.429. The summed E-state index contributed by atoms with van der Waals surface area (Å²) in [5.74, 6) is -0.572. The third-order valence-electron chi connectivity index (χ3n) is 2.86. The van der Waals surface area contributed by atoms with Crippen molar-refractivity contribution in [2.75, 3.05) is 0 Å². The van der Waals surface area contributed by atoms with Crippen LogP contribution in [0.1, 0.15) is 47.4 Å². The second-order valence-corrected chi connectivity index (χ2v) is 4.65. The van der Waals surface area contributed by atoms with E-state index in [9.17, 15) is 9.59 Å². The second kappa shape index (κ2) is 9.06. The summed E-state index contributed by atoms with van der Waals surface area (Å²) in [4.78, 5) is 21.2. The van der Waals surface area contributed by atoms with Crippen molar-refractivity contribution in [3.05, 3.63) is 35.4 Å². The van der Waals surface area contributed by atoms with E-state index in [0.29, 0.717) is 17.0 Å². The molecule has 6 heteroatoms. The predicted molar refractivity (Wildman–Crippen MR) is 79.7 cm³/mol. The van der Waals surface area contributed by atoms with Crippen LogP contribution in [0, 0.1) is 5.92 Å². The molecule has 20 heavy (non-hydrogen) atoms. The monoisotopic (exact) mass is 280 g/mol. The first-order chi connectivity index (χ1) is 9.29. The first kappa shape index (κ1) is 18.1. The highest BCUT2D eigenvalue weighted by Crippen LogP contribution is 2.04. The molecule has 0 aliphatic heterocycles. The number of amides is 2. The molecular weight excluding hydrogens is 256 g/mol. The van der Waals surface area contributed by atoms with Gasteiger partial charge in [-0.3, -0.25) is 9.59 Å². The fourth-order valence-corrected chi connectivity index (χ4v) is 1.45. The van der Waals surface area contributed by atoms with E-state index in [1.165, 1.54) is 30.7 Å². The van der Waals surface area contributed by atoms with Gasteiger partial charge in [0.05, 0.1) is 6.17 Å². The molecule has 0 saturated heterocycles. The zero-order valence-electron chi connectivity index (χ0n) is 12.0. The minimum atomic E-state index is -0.522. The van der Waals surface area contributed by atoms with Crippen LogP contribution in [-0.4, -0.2) is 18.0 Å². The summed E-state index contributed by atoms with van der Waals surface area (Å²) in [6.45, 7) is 4.22. The van der Waals surface area contributed by atoms with E-state index in [0.717, 1.165) is 6.42 Å². The molecular formula is C14H24N4O2. The number of carbonyl (C=O) groups excluding carboxylic acids is 2. The molecule has 2 amide bonds. The Hall–Kier alpha value is -1.92. The Balaban J connectivity index is 0.000000396. The van der Waals surface area contributed by atoms with Crippen LogP contribution in [0.2, 0.25) is 0 Å². The third kappa shape index (κ3) is 6.86. The van der Waals surface area contributed by atoms with Gasteiger partial charge >= 0.3 is 0 Å². The van der Waals surface area contributed by atoms with Crippen LogP contribution in [0.25, 0.3) is 0 Å². The number of nitrogens with two attached hydrogens (primary N) is 4. The molecule has 0 fully saturated rings. The average Bonchev–Trinajstić information content (AvgIpc) is 2.39. The standard InChI is InChI=1S/C8H8N2O2.C6H16N2/c9-7(11)5-1-2-6(4-3-5)8(10)12;1-3-4-5(2)6(7)8/h1-4H,(H2,9,11)(H2,10,12);5-6H,3-4,7-8H2,1-2H3. The summed E-state index contributed by atoms with van der Waals surface area (Å²) < 4.78 is 0. The smallest absolute Gasteiger partial charge is 0.248 e.